The molecule has 0 amide bonds. The SMILES string of the molecule is CC(C)(C)c1ccc(N2c3cc4c(cc3B3c5cc6c(cc5N(c5ccc(C(C)(C)C)cc5-c5ccccc5)c5cc(N7c8ccc(-c9ccccc9)cc8C8(C)CCCCC78C)cc2c53)C(C)(C)CCC6(C)C)C(C)(C)CCC4(C)C)c(-c2ccccc2)c1. The van der Waals surface area contributed by atoms with Crippen LogP contribution >= 0.6 is 0 Å². The largest absolute Gasteiger partial charge is 0.334 e. The summed E-state index contributed by atoms with van der Waals surface area (Å²) in [6.07, 6.45) is 9.22. The smallest absolute Gasteiger partial charge is 0.252 e. The van der Waals surface area contributed by atoms with E-state index in [0.29, 0.717) is 0 Å². The summed E-state index contributed by atoms with van der Waals surface area (Å²) in [4.78, 5) is 8.48. The van der Waals surface area contributed by atoms with Gasteiger partial charge in [0.2, 0.25) is 0 Å². The predicted octanol–water partition coefficient (Wildman–Crippen LogP) is 21.8. The summed E-state index contributed by atoms with van der Waals surface area (Å²) in [5.41, 5.74) is 31.5. The molecular formula is C86H94BN3. The highest BCUT2D eigenvalue weighted by atomic mass is 15.3. The lowest BCUT2D eigenvalue weighted by molar-refractivity contribution is 0.195. The van der Waals surface area contributed by atoms with Gasteiger partial charge in [-0.1, -0.05) is 238 Å². The molecule has 90 heavy (non-hydrogen) atoms. The molecule has 0 aromatic heterocycles. The first-order chi connectivity index (χ1) is 42.6. The van der Waals surface area contributed by atoms with Gasteiger partial charge in [-0.15, -0.1) is 0 Å². The van der Waals surface area contributed by atoms with Crippen LogP contribution in [0.1, 0.15) is 201 Å². The van der Waals surface area contributed by atoms with Gasteiger partial charge in [0.1, 0.15) is 0 Å². The fraction of sp³-hybridized carbons (Fsp3) is 0.372. The summed E-state index contributed by atoms with van der Waals surface area (Å²) >= 11 is 0. The molecule has 9 aromatic rings. The van der Waals surface area contributed by atoms with Crippen LogP contribution in [0.3, 0.4) is 0 Å². The van der Waals surface area contributed by atoms with Crippen molar-refractivity contribution in [1.29, 1.82) is 0 Å². The quantitative estimate of drug-likeness (QED) is 0.154. The zero-order valence-electron chi connectivity index (χ0n) is 56.9. The second kappa shape index (κ2) is 20.0. The van der Waals surface area contributed by atoms with E-state index in [2.05, 4.69) is 307 Å². The normalized spacial score (nSPS) is 21.3. The molecule has 1 fully saturated rings. The van der Waals surface area contributed by atoms with E-state index < -0.39 is 0 Å². The Morgan fingerprint density at radius 2 is 0.733 bits per heavy atom. The highest BCUT2D eigenvalue weighted by Gasteiger charge is 2.59. The molecule has 0 N–H and O–H groups in total. The third-order valence-electron chi connectivity index (χ3n) is 23.8. The van der Waals surface area contributed by atoms with Crippen molar-refractivity contribution in [3.8, 4) is 33.4 Å². The van der Waals surface area contributed by atoms with Gasteiger partial charge < -0.3 is 14.7 Å². The topological polar surface area (TPSA) is 9.72 Å². The van der Waals surface area contributed by atoms with Crippen molar-refractivity contribution >= 4 is 68.6 Å². The average Bonchev–Trinajstić information content (AvgIpc) is 0.960. The van der Waals surface area contributed by atoms with Crippen LogP contribution < -0.4 is 31.1 Å². The molecule has 3 aliphatic carbocycles. The van der Waals surface area contributed by atoms with E-state index in [-0.39, 0.29) is 50.2 Å². The molecule has 0 spiro atoms. The Balaban J connectivity index is 1.14. The molecule has 6 aliphatic rings. The predicted molar refractivity (Wildman–Crippen MR) is 388 cm³/mol. The van der Waals surface area contributed by atoms with Gasteiger partial charge in [-0.2, -0.15) is 0 Å². The Labute approximate surface area is 540 Å². The molecule has 15 rings (SSSR count). The summed E-state index contributed by atoms with van der Waals surface area (Å²) in [7, 11) is 0. The van der Waals surface area contributed by atoms with Crippen LogP contribution in [0.4, 0.5) is 45.5 Å². The Morgan fingerprint density at radius 1 is 0.333 bits per heavy atom. The molecule has 2 unspecified atom stereocenters. The lowest BCUT2D eigenvalue weighted by Gasteiger charge is -2.52. The standard InChI is InChI=1S/C86H94BN3/c1-79(2,3)59-35-38-71(62(47-59)56-30-22-18-23-31-56)88-74-53-66-64(81(7,8)42-44-83(66,11)12)51-69(74)87-70-52-65-67(84(13,14)45-43-82(65,9)10)54-75(70)89(72-39-36-60(80(4,5)6)48-63(72)57-32-24-19-25-33-57)77-50-61(49-76(88)78(77)87)90-73-37-34-58(55-28-20-17-21-29-55)46-68(73)85(15)40-26-27-41-86(85,90)16/h17-25,28-39,46-54H,26-27,40-45H2,1-16H3. The van der Waals surface area contributed by atoms with Gasteiger partial charge in [0.05, 0.1) is 16.9 Å². The van der Waals surface area contributed by atoms with Gasteiger partial charge in [-0.25, -0.2) is 0 Å². The second-order valence-corrected chi connectivity index (χ2v) is 33.4. The monoisotopic (exact) mass is 1180 g/mol. The van der Waals surface area contributed by atoms with Gasteiger partial charge in [0.15, 0.2) is 0 Å². The van der Waals surface area contributed by atoms with Crippen LogP contribution in [-0.4, -0.2) is 12.3 Å². The van der Waals surface area contributed by atoms with E-state index in [1.807, 2.05) is 0 Å². The summed E-state index contributed by atoms with van der Waals surface area (Å²) < 4.78 is 0. The van der Waals surface area contributed by atoms with Crippen LogP contribution in [0.2, 0.25) is 0 Å². The van der Waals surface area contributed by atoms with Gasteiger partial charge in [0, 0.05) is 50.7 Å². The van der Waals surface area contributed by atoms with Crippen LogP contribution in [-0.2, 0) is 37.9 Å². The van der Waals surface area contributed by atoms with E-state index in [1.54, 1.807) is 0 Å². The molecule has 0 bridgehead atoms. The van der Waals surface area contributed by atoms with Crippen LogP contribution in [0.5, 0.6) is 0 Å². The molecular weight excluding hydrogens is 1090 g/mol. The Bertz CT molecular complexity index is 4170. The van der Waals surface area contributed by atoms with Crippen molar-refractivity contribution in [3.05, 3.63) is 221 Å². The number of hydrogen-bond acceptors (Lipinski definition) is 3. The fourth-order valence-corrected chi connectivity index (χ4v) is 17.8. The van der Waals surface area contributed by atoms with Crippen molar-refractivity contribution in [2.24, 2.45) is 0 Å². The van der Waals surface area contributed by atoms with Gasteiger partial charge in [-0.3, -0.25) is 0 Å². The van der Waals surface area contributed by atoms with E-state index in [1.165, 1.54) is 147 Å². The van der Waals surface area contributed by atoms with E-state index in [0.717, 1.165) is 38.5 Å². The van der Waals surface area contributed by atoms with Crippen molar-refractivity contribution in [2.75, 3.05) is 14.7 Å². The zero-order chi connectivity index (χ0) is 63.0. The third kappa shape index (κ3) is 8.86. The average molecular weight is 1180 g/mol. The Kier molecular flexibility index (Phi) is 13.0. The first kappa shape index (κ1) is 58.8. The maximum Gasteiger partial charge on any atom is 0.252 e. The minimum absolute atomic E-state index is 0.0162. The number of rotatable bonds is 6. The zero-order valence-corrected chi connectivity index (χ0v) is 56.9. The minimum Gasteiger partial charge on any atom is -0.334 e. The first-order valence-corrected chi connectivity index (χ1v) is 34.2. The van der Waals surface area contributed by atoms with Gasteiger partial charge >= 0.3 is 0 Å². The van der Waals surface area contributed by atoms with Crippen molar-refractivity contribution in [2.45, 2.75) is 206 Å². The van der Waals surface area contributed by atoms with E-state index >= 15 is 0 Å². The highest BCUT2D eigenvalue weighted by molar-refractivity contribution is 7.00. The lowest BCUT2D eigenvalue weighted by Crippen LogP contribution is -2.62. The van der Waals surface area contributed by atoms with Crippen molar-refractivity contribution in [1.82, 2.24) is 0 Å². The van der Waals surface area contributed by atoms with Crippen molar-refractivity contribution in [3.63, 3.8) is 0 Å². The molecule has 0 radical (unpaired) electrons. The molecule has 456 valence electrons. The molecule has 4 heteroatoms. The summed E-state index contributed by atoms with van der Waals surface area (Å²) in [6.45, 7) is 39.6. The number of fused-ring (bicyclic) bond motifs is 9. The van der Waals surface area contributed by atoms with Crippen LogP contribution in [0, 0.1) is 0 Å². The highest BCUT2D eigenvalue weighted by Crippen LogP contribution is 2.63. The van der Waals surface area contributed by atoms with Crippen LogP contribution in [0.15, 0.2) is 182 Å². The maximum absolute atomic E-state index is 2.88. The van der Waals surface area contributed by atoms with Gasteiger partial charge in [0.25, 0.3) is 6.71 Å². The summed E-state index contributed by atoms with van der Waals surface area (Å²) in [5.74, 6) is 0. The second-order valence-electron chi connectivity index (χ2n) is 33.4. The van der Waals surface area contributed by atoms with E-state index in [4.69, 9.17) is 0 Å². The fourth-order valence-electron chi connectivity index (χ4n) is 17.8. The molecule has 3 heterocycles. The van der Waals surface area contributed by atoms with Crippen LogP contribution in [0.25, 0.3) is 33.4 Å². The molecule has 1 saturated carbocycles. The molecule has 0 saturated heterocycles. The van der Waals surface area contributed by atoms with Gasteiger partial charge in [-0.05, 0) is 216 Å². The molecule has 2 atom stereocenters. The number of anilines is 8. The summed E-state index contributed by atoms with van der Waals surface area (Å²) in [6, 6.07) is 72.6. The maximum atomic E-state index is 2.88. The lowest BCUT2D eigenvalue weighted by atomic mass is 9.32. The first-order valence-electron chi connectivity index (χ1n) is 34.2. The number of nitrogens with zero attached hydrogens (tertiary/aromatic N) is 3. The molecule has 3 aliphatic heterocycles. The Hall–Kier alpha value is -7.56. The minimum atomic E-state index is -0.228. The molecule has 3 nitrogen and oxygen atoms in total. The van der Waals surface area contributed by atoms with Crippen molar-refractivity contribution < 1.29 is 0 Å². The molecule has 9 aromatic carbocycles. The number of benzene rings is 9. The van der Waals surface area contributed by atoms with E-state index in [9.17, 15) is 0 Å². The third-order valence-corrected chi connectivity index (χ3v) is 23.8. The number of hydrogen-bond donors (Lipinski definition) is 0. The Morgan fingerprint density at radius 3 is 1.17 bits per heavy atom. The summed E-state index contributed by atoms with van der Waals surface area (Å²) in [5, 5.41) is 0.